The van der Waals surface area contributed by atoms with Gasteiger partial charge in [0.05, 0.1) is 12.5 Å². The van der Waals surface area contributed by atoms with Gasteiger partial charge in [-0.05, 0) is 31.5 Å². The minimum absolute atomic E-state index is 0.149. The Kier molecular flexibility index (Phi) is 5.09. The number of nitrogens with zero attached hydrogens (tertiary/aromatic N) is 1. The molecule has 5 nitrogen and oxygen atoms in total. The maximum absolute atomic E-state index is 14.1. The summed E-state index contributed by atoms with van der Waals surface area (Å²) in [5.74, 6) is -0.0468. The molecular formula is C21H23FN2O3. The topological polar surface area (TPSA) is 64.8 Å². The van der Waals surface area contributed by atoms with Crippen LogP contribution in [-0.4, -0.2) is 23.9 Å². The number of rotatable bonds is 4. The maximum Gasteiger partial charge on any atom is 0.227 e. The molecular weight excluding hydrogens is 347 g/mol. The van der Waals surface area contributed by atoms with Crippen molar-refractivity contribution in [2.24, 2.45) is 11.7 Å². The summed E-state index contributed by atoms with van der Waals surface area (Å²) >= 11 is 0. The number of likely N-dealkylation sites (tertiary alicyclic amines) is 1. The fourth-order valence-electron chi connectivity index (χ4n) is 3.84. The smallest absolute Gasteiger partial charge is 0.227 e. The highest BCUT2D eigenvalue weighted by Crippen LogP contribution is 2.37. The zero-order valence-corrected chi connectivity index (χ0v) is 15.1. The molecule has 1 fully saturated rings. The third-order valence-corrected chi connectivity index (χ3v) is 5.20. The lowest BCUT2D eigenvalue weighted by atomic mass is 9.96. The van der Waals surface area contributed by atoms with Crippen molar-refractivity contribution in [3.8, 4) is 5.75 Å². The molecule has 0 aliphatic carbocycles. The molecule has 0 saturated carbocycles. The van der Waals surface area contributed by atoms with Gasteiger partial charge in [0.25, 0.3) is 0 Å². The molecule has 2 N–H and O–H groups in total. The second kappa shape index (κ2) is 7.66. The fourth-order valence-corrected chi connectivity index (χ4v) is 3.84. The van der Waals surface area contributed by atoms with Crippen molar-refractivity contribution < 1.29 is 18.7 Å². The molecule has 2 atom stereocenters. The number of hydrogen-bond acceptors (Lipinski definition) is 4. The van der Waals surface area contributed by atoms with E-state index in [4.69, 9.17) is 15.2 Å². The molecule has 27 heavy (non-hydrogen) atoms. The second-order valence-electron chi connectivity index (χ2n) is 7.20. The first-order valence-corrected chi connectivity index (χ1v) is 9.26. The number of primary amides is 1. The first kappa shape index (κ1) is 17.9. The predicted molar refractivity (Wildman–Crippen MR) is 98.2 cm³/mol. The number of fused-ring (bicyclic) bond motifs is 1. The van der Waals surface area contributed by atoms with E-state index in [-0.39, 0.29) is 17.6 Å². The van der Waals surface area contributed by atoms with Crippen LogP contribution >= 0.6 is 0 Å². The summed E-state index contributed by atoms with van der Waals surface area (Å²) in [6.45, 7) is 2.27. The Labute approximate surface area is 157 Å². The van der Waals surface area contributed by atoms with Gasteiger partial charge in [0.1, 0.15) is 11.6 Å². The maximum atomic E-state index is 14.1. The zero-order chi connectivity index (χ0) is 18.8. The van der Waals surface area contributed by atoms with Crippen LogP contribution in [0.15, 0.2) is 42.5 Å². The number of amides is 1. The van der Waals surface area contributed by atoms with Crippen LogP contribution < -0.4 is 10.5 Å². The quantitative estimate of drug-likeness (QED) is 0.898. The van der Waals surface area contributed by atoms with E-state index in [1.807, 2.05) is 30.3 Å². The molecule has 2 heterocycles. The van der Waals surface area contributed by atoms with Crippen LogP contribution in [0, 0.1) is 11.7 Å². The summed E-state index contributed by atoms with van der Waals surface area (Å²) in [5, 5.41) is 0. The SMILES string of the molecule is NC(=O)[C@H]1CCCN(Cc2cc(F)cc3c2O[C@@H](c2ccccc2)OC3)C1. The minimum Gasteiger partial charge on any atom is -0.460 e. The lowest BCUT2D eigenvalue weighted by Crippen LogP contribution is -2.40. The first-order valence-electron chi connectivity index (χ1n) is 9.26. The molecule has 2 aliphatic heterocycles. The fraction of sp³-hybridized carbons (Fsp3) is 0.381. The van der Waals surface area contributed by atoms with Crippen LogP contribution in [0.25, 0.3) is 0 Å². The third kappa shape index (κ3) is 3.96. The van der Waals surface area contributed by atoms with E-state index >= 15 is 0 Å². The van der Waals surface area contributed by atoms with Crippen molar-refractivity contribution in [3.63, 3.8) is 0 Å². The Balaban J connectivity index is 1.57. The average molecular weight is 370 g/mol. The third-order valence-electron chi connectivity index (χ3n) is 5.20. The van der Waals surface area contributed by atoms with E-state index in [2.05, 4.69) is 4.90 Å². The van der Waals surface area contributed by atoms with Gasteiger partial charge in [0.2, 0.25) is 12.2 Å². The standard InChI is InChI=1S/C21H23FN2O3/c22-18-9-16(12-24-8-4-7-15(11-24)20(23)25)19-17(10-18)13-26-21(27-19)14-5-2-1-3-6-14/h1-3,5-6,9-10,15,21H,4,7-8,11-13H2,(H2,23,25)/t15-,21-/m0/s1. The van der Waals surface area contributed by atoms with Crippen LogP contribution in [0.3, 0.4) is 0 Å². The van der Waals surface area contributed by atoms with Crippen LogP contribution in [0.5, 0.6) is 5.75 Å². The van der Waals surface area contributed by atoms with Gasteiger partial charge in [-0.25, -0.2) is 4.39 Å². The molecule has 2 aliphatic rings. The summed E-state index contributed by atoms with van der Waals surface area (Å²) < 4.78 is 26.0. The number of benzene rings is 2. The molecule has 2 aromatic rings. The number of ether oxygens (including phenoxy) is 2. The van der Waals surface area contributed by atoms with Gasteiger partial charge < -0.3 is 15.2 Å². The van der Waals surface area contributed by atoms with Crippen molar-refractivity contribution >= 4 is 5.91 Å². The normalized spacial score (nSPS) is 22.7. The van der Waals surface area contributed by atoms with Gasteiger partial charge in [-0.15, -0.1) is 0 Å². The Morgan fingerprint density at radius 2 is 2.07 bits per heavy atom. The van der Waals surface area contributed by atoms with Crippen LogP contribution in [-0.2, 0) is 22.7 Å². The van der Waals surface area contributed by atoms with Gasteiger partial charge in [0.15, 0.2) is 0 Å². The molecule has 0 radical (unpaired) electrons. The van der Waals surface area contributed by atoms with E-state index in [0.717, 1.165) is 30.5 Å². The van der Waals surface area contributed by atoms with E-state index in [1.165, 1.54) is 12.1 Å². The Morgan fingerprint density at radius 3 is 2.85 bits per heavy atom. The largest absolute Gasteiger partial charge is 0.460 e. The van der Waals surface area contributed by atoms with Crippen molar-refractivity contribution in [1.82, 2.24) is 4.90 Å². The zero-order valence-electron chi connectivity index (χ0n) is 15.1. The van der Waals surface area contributed by atoms with Gasteiger partial charge in [-0.1, -0.05) is 30.3 Å². The highest BCUT2D eigenvalue weighted by Gasteiger charge is 2.28. The molecule has 142 valence electrons. The van der Waals surface area contributed by atoms with E-state index < -0.39 is 6.29 Å². The minimum atomic E-state index is -0.511. The second-order valence-corrected chi connectivity index (χ2v) is 7.20. The van der Waals surface area contributed by atoms with Crippen molar-refractivity contribution in [1.29, 1.82) is 0 Å². The summed E-state index contributed by atoms with van der Waals surface area (Å²) in [6.07, 6.45) is 1.21. The molecule has 2 aromatic carbocycles. The molecule has 0 bridgehead atoms. The molecule has 0 aromatic heterocycles. The number of carbonyl (C=O) groups excluding carboxylic acids is 1. The summed E-state index contributed by atoms with van der Waals surface area (Å²) in [7, 11) is 0. The summed E-state index contributed by atoms with van der Waals surface area (Å²) in [6, 6.07) is 12.7. The van der Waals surface area contributed by atoms with Gasteiger partial charge in [-0.3, -0.25) is 9.69 Å². The monoisotopic (exact) mass is 370 g/mol. The molecule has 1 amide bonds. The van der Waals surface area contributed by atoms with Crippen LogP contribution in [0.4, 0.5) is 4.39 Å². The molecule has 0 unspecified atom stereocenters. The average Bonchev–Trinajstić information content (AvgIpc) is 2.68. The number of nitrogens with two attached hydrogens (primary N) is 1. The Hall–Kier alpha value is -2.44. The van der Waals surface area contributed by atoms with Crippen LogP contribution in [0.2, 0.25) is 0 Å². The van der Waals surface area contributed by atoms with Gasteiger partial charge in [-0.2, -0.15) is 0 Å². The van der Waals surface area contributed by atoms with Crippen molar-refractivity contribution in [2.75, 3.05) is 13.1 Å². The number of halogens is 1. The lowest BCUT2D eigenvalue weighted by molar-refractivity contribution is -0.123. The van der Waals surface area contributed by atoms with Crippen molar-refractivity contribution in [3.05, 3.63) is 65.0 Å². The van der Waals surface area contributed by atoms with Gasteiger partial charge >= 0.3 is 0 Å². The number of carbonyl (C=O) groups is 1. The number of hydrogen-bond donors (Lipinski definition) is 1. The van der Waals surface area contributed by atoms with E-state index in [1.54, 1.807) is 0 Å². The van der Waals surface area contributed by atoms with Crippen molar-refractivity contribution in [2.45, 2.75) is 32.3 Å². The highest BCUT2D eigenvalue weighted by atomic mass is 19.1. The van der Waals surface area contributed by atoms with E-state index in [9.17, 15) is 9.18 Å². The lowest BCUT2D eigenvalue weighted by Gasteiger charge is -2.33. The van der Waals surface area contributed by atoms with Crippen LogP contribution in [0.1, 0.15) is 35.8 Å². The molecule has 4 rings (SSSR count). The molecule has 1 saturated heterocycles. The Morgan fingerprint density at radius 1 is 1.26 bits per heavy atom. The Bertz CT molecular complexity index is 828. The first-order chi connectivity index (χ1) is 13.1. The summed E-state index contributed by atoms with van der Waals surface area (Å²) in [4.78, 5) is 13.7. The predicted octanol–water partition coefficient (Wildman–Crippen LogP) is 3.13. The molecule has 6 heteroatoms. The molecule has 0 spiro atoms. The van der Waals surface area contributed by atoms with E-state index in [0.29, 0.717) is 31.0 Å². The highest BCUT2D eigenvalue weighted by molar-refractivity contribution is 5.76. The summed E-state index contributed by atoms with van der Waals surface area (Å²) in [5.41, 5.74) is 7.88. The van der Waals surface area contributed by atoms with Gasteiger partial charge in [0, 0.05) is 29.8 Å². The number of piperidine rings is 1.